The number of anilines is 1. The molecule has 0 aliphatic rings. The Kier molecular flexibility index (Phi) is 4.70. The average Bonchev–Trinajstić information content (AvgIpc) is 3.17. The molecule has 0 aliphatic carbocycles. The number of carbonyl (C=O) groups is 2. The van der Waals surface area contributed by atoms with Crippen LogP contribution in [0.25, 0.3) is 17.0 Å². The van der Waals surface area contributed by atoms with Crippen molar-refractivity contribution in [2.24, 2.45) is 0 Å². The number of hydrogen-bond donors (Lipinski definition) is 2. The Morgan fingerprint density at radius 2 is 1.86 bits per heavy atom. The normalized spacial score (nSPS) is 10.6. The summed E-state index contributed by atoms with van der Waals surface area (Å²) in [4.78, 5) is 31.6. The van der Waals surface area contributed by atoms with Gasteiger partial charge in [-0.05, 0) is 36.4 Å². The first kappa shape index (κ1) is 17.3. The van der Waals surface area contributed by atoms with Crippen molar-refractivity contribution in [1.82, 2.24) is 29.9 Å². The van der Waals surface area contributed by atoms with E-state index in [4.69, 9.17) is 0 Å². The lowest BCUT2D eigenvalue weighted by Crippen LogP contribution is -2.33. The first-order valence-corrected chi connectivity index (χ1v) is 8.45. The quantitative estimate of drug-likeness (QED) is 0.549. The molecule has 2 amide bonds. The topological polar surface area (TPSA) is 114 Å². The number of rotatable bonds is 5. The van der Waals surface area contributed by atoms with Crippen molar-refractivity contribution in [2.75, 3.05) is 11.9 Å². The predicted octanol–water partition coefficient (Wildman–Crippen LogP) is 1.55. The van der Waals surface area contributed by atoms with Crippen LogP contribution in [0.2, 0.25) is 0 Å². The van der Waals surface area contributed by atoms with E-state index in [0.29, 0.717) is 11.5 Å². The van der Waals surface area contributed by atoms with Crippen LogP contribution in [0.15, 0.2) is 67.3 Å². The summed E-state index contributed by atoms with van der Waals surface area (Å²) >= 11 is 0. The summed E-state index contributed by atoms with van der Waals surface area (Å²) in [7, 11) is 0. The maximum absolute atomic E-state index is 12.0. The minimum atomic E-state index is -0.461. The van der Waals surface area contributed by atoms with Gasteiger partial charge in [0.25, 0.3) is 5.91 Å². The summed E-state index contributed by atoms with van der Waals surface area (Å²) in [5, 5.41) is 13.5. The minimum absolute atomic E-state index is 0.153. The molecule has 0 unspecified atom stereocenters. The highest BCUT2D eigenvalue weighted by Gasteiger charge is 2.10. The molecule has 0 aliphatic heterocycles. The van der Waals surface area contributed by atoms with E-state index in [1.807, 2.05) is 40.9 Å². The fourth-order valence-corrected chi connectivity index (χ4v) is 2.61. The van der Waals surface area contributed by atoms with Crippen molar-refractivity contribution in [3.63, 3.8) is 0 Å². The van der Waals surface area contributed by atoms with Crippen molar-refractivity contribution in [2.45, 2.75) is 0 Å². The molecule has 4 rings (SSSR count). The van der Waals surface area contributed by atoms with Gasteiger partial charge in [0.05, 0.1) is 12.7 Å². The summed E-state index contributed by atoms with van der Waals surface area (Å²) < 4.78 is 1.88. The van der Waals surface area contributed by atoms with E-state index in [-0.39, 0.29) is 18.1 Å². The Hall–Kier alpha value is -4.14. The molecule has 1 aromatic carbocycles. The van der Waals surface area contributed by atoms with Crippen LogP contribution in [0.3, 0.4) is 0 Å². The van der Waals surface area contributed by atoms with E-state index in [1.54, 1.807) is 12.1 Å². The zero-order valence-corrected chi connectivity index (χ0v) is 14.6. The number of hydrogen-bond acceptors (Lipinski definition) is 6. The standard InChI is InChI=1S/C19H15N7O2/c27-17(12-22-19(28)15-11-20-8-9-21-15)23-14-6-4-13(5-7-14)18-25-24-16-3-1-2-10-26(16)18/h1-11H,12H2,(H,22,28)(H,23,27). The SMILES string of the molecule is O=C(CNC(=O)c1cnccn1)Nc1ccc(-c2nnc3ccccn23)cc1. The van der Waals surface area contributed by atoms with Crippen LogP contribution >= 0.6 is 0 Å². The summed E-state index contributed by atoms with van der Waals surface area (Å²) in [5.41, 5.74) is 2.39. The van der Waals surface area contributed by atoms with Gasteiger partial charge in [0.1, 0.15) is 5.69 Å². The Morgan fingerprint density at radius 1 is 1.00 bits per heavy atom. The molecule has 0 fully saturated rings. The molecule has 0 saturated carbocycles. The third kappa shape index (κ3) is 3.68. The van der Waals surface area contributed by atoms with Gasteiger partial charge in [0.2, 0.25) is 5.91 Å². The van der Waals surface area contributed by atoms with Crippen LogP contribution in [0.5, 0.6) is 0 Å². The van der Waals surface area contributed by atoms with Gasteiger partial charge in [-0.15, -0.1) is 10.2 Å². The number of amides is 2. The molecule has 0 bridgehead atoms. The zero-order valence-electron chi connectivity index (χ0n) is 14.6. The molecule has 0 atom stereocenters. The zero-order chi connectivity index (χ0) is 19.3. The average molecular weight is 373 g/mol. The predicted molar refractivity (Wildman–Crippen MR) is 101 cm³/mol. The number of carbonyl (C=O) groups excluding carboxylic acids is 2. The van der Waals surface area contributed by atoms with E-state index in [2.05, 4.69) is 30.8 Å². The highest BCUT2D eigenvalue weighted by Crippen LogP contribution is 2.20. The molecule has 0 saturated heterocycles. The number of pyridine rings is 1. The molecule has 9 heteroatoms. The maximum Gasteiger partial charge on any atom is 0.271 e. The van der Waals surface area contributed by atoms with E-state index in [1.165, 1.54) is 18.6 Å². The number of benzene rings is 1. The van der Waals surface area contributed by atoms with E-state index < -0.39 is 5.91 Å². The Labute approximate surface area is 159 Å². The molecule has 0 radical (unpaired) electrons. The van der Waals surface area contributed by atoms with Crippen molar-refractivity contribution in [3.05, 3.63) is 72.9 Å². The third-order valence-electron chi connectivity index (χ3n) is 3.95. The fraction of sp³-hybridized carbons (Fsp3) is 0.0526. The van der Waals surface area contributed by atoms with Crippen LogP contribution in [-0.4, -0.2) is 42.9 Å². The van der Waals surface area contributed by atoms with E-state index >= 15 is 0 Å². The van der Waals surface area contributed by atoms with Crippen LogP contribution in [0.4, 0.5) is 5.69 Å². The molecule has 4 aromatic rings. The van der Waals surface area contributed by atoms with Gasteiger partial charge in [0.15, 0.2) is 11.5 Å². The highest BCUT2D eigenvalue weighted by molar-refractivity contribution is 5.98. The van der Waals surface area contributed by atoms with Crippen LogP contribution in [0.1, 0.15) is 10.5 Å². The van der Waals surface area contributed by atoms with Gasteiger partial charge in [-0.1, -0.05) is 6.07 Å². The number of nitrogens with zero attached hydrogens (tertiary/aromatic N) is 5. The molecule has 9 nitrogen and oxygen atoms in total. The summed E-state index contributed by atoms with van der Waals surface area (Å²) in [6, 6.07) is 12.9. The Morgan fingerprint density at radius 3 is 2.64 bits per heavy atom. The minimum Gasteiger partial charge on any atom is -0.342 e. The second-order valence-corrected chi connectivity index (χ2v) is 5.85. The molecule has 0 spiro atoms. The lowest BCUT2D eigenvalue weighted by Gasteiger charge is -2.07. The van der Waals surface area contributed by atoms with Gasteiger partial charge >= 0.3 is 0 Å². The first-order valence-electron chi connectivity index (χ1n) is 8.45. The Bertz CT molecular complexity index is 1120. The summed E-state index contributed by atoms with van der Waals surface area (Å²) in [5.74, 6) is -0.0973. The van der Waals surface area contributed by atoms with Crippen LogP contribution in [0, 0.1) is 0 Å². The number of fused-ring (bicyclic) bond motifs is 1. The molecule has 3 aromatic heterocycles. The molecular weight excluding hydrogens is 358 g/mol. The molecular formula is C19H15N7O2. The summed E-state index contributed by atoms with van der Waals surface area (Å²) in [6.45, 7) is -0.175. The second kappa shape index (κ2) is 7.62. The van der Waals surface area contributed by atoms with Crippen molar-refractivity contribution in [3.8, 4) is 11.4 Å². The molecule has 138 valence electrons. The lowest BCUT2D eigenvalue weighted by atomic mass is 10.2. The summed E-state index contributed by atoms with van der Waals surface area (Å²) in [6.07, 6.45) is 6.10. The number of aromatic nitrogens is 5. The van der Waals surface area contributed by atoms with E-state index in [9.17, 15) is 9.59 Å². The van der Waals surface area contributed by atoms with Gasteiger partial charge in [0, 0.05) is 29.8 Å². The first-order chi connectivity index (χ1) is 13.7. The maximum atomic E-state index is 12.0. The smallest absolute Gasteiger partial charge is 0.271 e. The number of nitrogens with one attached hydrogen (secondary N) is 2. The van der Waals surface area contributed by atoms with Crippen LogP contribution in [-0.2, 0) is 4.79 Å². The van der Waals surface area contributed by atoms with Gasteiger partial charge in [-0.3, -0.25) is 19.0 Å². The monoisotopic (exact) mass is 373 g/mol. The molecule has 2 N–H and O–H groups in total. The Balaban J connectivity index is 1.38. The van der Waals surface area contributed by atoms with Gasteiger partial charge < -0.3 is 10.6 Å². The van der Waals surface area contributed by atoms with Gasteiger partial charge in [-0.25, -0.2) is 4.98 Å². The third-order valence-corrected chi connectivity index (χ3v) is 3.95. The van der Waals surface area contributed by atoms with Crippen molar-refractivity contribution in [1.29, 1.82) is 0 Å². The molecule has 3 heterocycles. The van der Waals surface area contributed by atoms with Crippen molar-refractivity contribution < 1.29 is 9.59 Å². The largest absolute Gasteiger partial charge is 0.342 e. The fourth-order valence-electron chi connectivity index (χ4n) is 2.61. The van der Waals surface area contributed by atoms with Crippen molar-refractivity contribution >= 4 is 23.1 Å². The van der Waals surface area contributed by atoms with Crippen LogP contribution < -0.4 is 10.6 Å². The highest BCUT2D eigenvalue weighted by atomic mass is 16.2. The van der Waals surface area contributed by atoms with Gasteiger partial charge in [-0.2, -0.15) is 0 Å². The van der Waals surface area contributed by atoms with E-state index in [0.717, 1.165) is 11.2 Å². The lowest BCUT2D eigenvalue weighted by molar-refractivity contribution is -0.115. The second-order valence-electron chi connectivity index (χ2n) is 5.85. The molecule has 28 heavy (non-hydrogen) atoms.